The molecule has 0 bridgehead atoms. The number of hydrogen-bond acceptors (Lipinski definition) is 4. The first-order valence-electron chi connectivity index (χ1n) is 6.86. The number of benzene rings is 1. The fraction of sp³-hybridized carbons (Fsp3) is 0.375. The van der Waals surface area contributed by atoms with Crippen LogP contribution in [-0.4, -0.2) is 24.9 Å². The third-order valence-corrected chi connectivity index (χ3v) is 3.53. The summed E-state index contributed by atoms with van der Waals surface area (Å²) in [5.74, 6) is -0.455. The molecule has 1 unspecified atom stereocenters. The van der Waals surface area contributed by atoms with Crippen LogP contribution < -0.4 is 5.32 Å². The maximum Gasteiger partial charge on any atom is 0.410 e. The van der Waals surface area contributed by atoms with Crippen LogP contribution in [-0.2, 0) is 20.7 Å². The van der Waals surface area contributed by atoms with Gasteiger partial charge in [0, 0.05) is 18.2 Å². The lowest BCUT2D eigenvalue weighted by Crippen LogP contribution is -2.30. The van der Waals surface area contributed by atoms with Crippen molar-refractivity contribution in [3.63, 3.8) is 0 Å². The van der Waals surface area contributed by atoms with Crippen molar-refractivity contribution in [2.24, 2.45) is 0 Å². The second-order valence-electron chi connectivity index (χ2n) is 5.06. The molecule has 1 aromatic carbocycles. The van der Waals surface area contributed by atoms with Crippen molar-refractivity contribution in [1.82, 2.24) is 5.32 Å². The molecule has 0 aromatic heterocycles. The summed E-state index contributed by atoms with van der Waals surface area (Å²) in [6.07, 6.45) is 0.691. The van der Waals surface area contributed by atoms with Crippen LogP contribution >= 0.6 is 0 Å². The fourth-order valence-corrected chi connectivity index (χ4v) is 2.09. The number of esters is 1. The van der Waals surface area contributed by atoms with Crippen LogP contribution in [0.4, 0.5) is 4.79 Å². The Balaban J connectivity index is 1.77. The number of cyclic esters (lactones) is 1. The minimum Gasteiger partial charge on any atom is -0.418 e. The van der Waals surface area contributed by atoms with Crippen LogP contribution in [0.25, 0.3) is 0 Å². The van der Waals surface area contributed by atoms with Crippen molar-refractivity contribution in [1.29, 1.82) is 0 Å². The third-order valence-electron chi connectivity index (χ3n) is 3.53. The number of amides is 1. The molecule has 0 aliphatic carbocycles. The molecule has 1 aromatic rings. The summed E-state index contributed by atoms with van der Waals surface area (Å²) in [4.78, 5) is 22.7. The molecule has 1 aliphatic heterocycles. The number of rotatable bonds is 4. The summed E-state index contributed by atoms with van der Waals surface area (Å²) in [6, 6.07) is 6.10. The van der Waals surface area contributed by atoms with Gasteiger partial charge in [-0.25, -0.2) is 9.59 Å². The van der Waals surface area contributed by atoms with E-state index in [1.54, 1.807) is 6.92 Å². The van der Waals surface area contributed by atoms with Crippen LogP contribution in [0.1, 0.15) is 23.6 Å². The summed E-state index contributed by atoms with van der Waals surface area (Å²) < 4.78 is 9.80. The topological polar surface area (TPSA) is 64.6 Å². The Morgan fingerprint density at radius 3 is 2.76 bits per heavy atom. The standard InChI is InChI=1S/C16H19NO4/c1-10-5-4-6-13(12(10)3)7-8-17-16(19)21-14-9-11(2)15(18)20-14/h4-6,9,14H,7-8H2,1-3H3,(H,17,19). The zero-order chi connectivity index (χ0) is 15.4. The Bertz CT molecular complexity index is 592. The lowest BCUT2D eigenvalue weighted by molar-refractivity contribution is -0.151. The first-order chi connectivity index (χ1) is 9.97. The van der Waals surface area contributed by atoms with E-state index in [2.05, 4.69) is 25.2 Å². The van der Waals surface area contributed by atoms with Crippen LogP contribution in [0.3, 0.4) is 0 Å². The molecule has 5 heteroatoms. The van der Waals surface area contributed by atoms with Crippen LogP contribution in [0.15, 0.2) is 29.8 Å². The second kappa shape index (κ2) is 6.43. The molecule has 5 nitrogen and oxygen atoms in total. The van der Waals surface area contributed by atoms with Gasteiger partial charge in [-0.1, -0.05) is 18.2 Å². The van der Waals surface area contributed by atoms with Gasteiger partial charge < -0.3 is 14.8 Å². The molecule has 1 heterocycles. The molecule has 2 rings (SSSR count). The molecule has 0 saturated heterocycles. The summed E-state index contributed by atoms with van der Waals surface area (Å²) in [5, 5.41) is 2.65. The molecule has 1 aliphatic rings. The van der Waals surface area contributed by atoms with Gasteiger partial charge in [-0.3, -0.25) is 0 Å². The number of aryl methyl sites for hydroxylation is 1. The number of carbonyl (C=O) groups excluding carboxylic acids is 2. The Kier molecular flexibility index (Phi) is 4.62. The third kappa shape index (κ3) is 3.84. The SMILES string of the molecule is CC1=CC(OC(=O)NCCc2cccc(C)c2C)OC1=O. The maximum atomic E-state index is 11.6. The van der Waals surface area contributed by atoms with Gasteiger partial charge in [-0.15, -0.1) is 0 Å². The van der Waals surface area contributed by atoms with Gasteiger partial charge in [-0.05, 0) is 43.9 Å². The molecular weight excluding hydrogens is 270 g/mol. The van der Waals surface area contributed by atoms with Crippen LogP contribution in [0.5, 0.6) is 0 Å². The Morgan fingerprint density at radius 1 is 1.33 bits per heavy atom. The van der Waals surface area contributed by atoms with E-state index in [0.29, 0.717) is 12.1 Å². The molecule has 0 spiro atoms. The van der Waals surface area contributed by atoms with Gasteiger partial charge in [0.05, 0.1) is 0 Å². The van der Waals surface area contributed by atoms with Gasteiger partial charge >= 0.3 is 12.1 Å². The predicted octanol–water partition coefficient (Wildman–Crippen LogP) is 2.40. The Morgan fingerprint density at radius 2 is 2.10 bits per heavy atom. The van der Waals surface area contributed by atoms with Crippen molar-refractivity contribution in [3.8, 4) is 0 Å². The summed E-state index contributed by atoms with van der Waals surface area (Å²) >= 11 is 0. The molecular formula is C16H19NO4. The van der Waals surface area contributed by atoms with E-state index < -0.39 is 18.4 Å². The maximum absolute atomic E-state index is 11.6. The van der Waals surface area contributed by atoms with Gasteiger partial charge in [0.1, 0.15) is 0 Å². The van der Waals surface area contributed by atoms with E-state index >= 15 is 0 Å². The highest BCUT2D eigenvalue weighted by Crippen LogP contribution is 2.14. The van der Waals surface area contributed by atoms with Crippen LogP contribution in [0, 0.1) is 13.8 Å². The van der Waals surface area contributed by atoms with Gasteiger partial charge in [-0.2, -0.15) is 0 Å². The van der Waals surface area contributed by atoms with Crippen molar-refractivity contribution >= 4 is 12.1 Å². The quantitative estimate of drug-likeness (QED) is 0.864. The normalized spacial score (nSPS) is 17.2. The van der Waals surface area contributed by atoms with E-state index in [-0.39, 0.29) is 0 Å². The van der Waals surface area contributed by atoms with Crippen molar-refractivity contribution in [2.75, 3.05) is 6.54 Å². The Labute approximate surface area is 123 Å². The van der Waals surface area contributed by atoms with Crippen molar-refractivity contribution < 1.29 is 19.1 Å². The first kappa shape index (κ1) is 15.1. The molecule has 1 amide bonds. The van der Waals surface area contributed by atoms with Crippen LogP contribution in [0.2, 0.25) is 0 Å². The summed E-state index contributed by atoms with van der Waals surface area (Å²) in [5.41, 5.74) is 4.10. The van der Waals surface area contributed by atoms with E-state index in [4.69, 9.17) is 9.47 Å². The summed E-state index contributed by atoms with van der Waals surface area (Å²) in [7, 11) is 0. The van der Waals surface area contributed by atoms with E-state index in [1.807, 2.05) is 12.1 Å². The van der Waals surface area contributed by atoms with Gasteiger partial charge in [0.15, 0.2) is 0 Å². The Hall–Kier alpha value is -2.30. The van der Waals surface area contributed by atoms with Gasteiger partial charge in [0.2, 0.25) is 0 Å². The van der Waals surface area contributed by atoms with Gasteiger partial charge in [0.25, 0.3) is 6.29 Å². The molecule has 0 saturated carbocycles. The average Bonchev–Trinajstić information content (AvgIpc) is 2.73. The predicted molar refractivity (Wildman–Crippen MR) is 77.7 cm³/mol. The highest BCUT2D eigenvalue weighted by atomic mass is 16.7. The second-order valence-corrected chi connectivity index (χ2v) is 5.06. The monoisotopic (exact) mass is 289 g/mol. The molecule has 1 atom stereocenters. The largest absolute Gasteiger partial charge is 0.418 e. The number of carbonyl (C=O) groups is 2. The smallest absolute Gasteiger partial charge is 0.410 e. The number of alkyl carbamates (subject to hydrolysis) is 1. The average molecular weight is 289 g/mol. The highest BCUT2D eigenvalue weighted by Gasteiger charge is 2.25. The zero-order valence-electron chi connectivity index (χ0n) is 12.4. The molecule has 21 heavy (non-hydrogen) atoms. The van der Waals surface area contributed by atoms with Crippen molar-refractivity contribution in [2.45, 2.75) is 33.5 Å². The lowest BCUT2D eigenvalue weighted by Gasteiger charge is -2.12. The van der Waals surface area contributed by atoms with E-state index in [9.17, 15) is 9.59 Å². The van der Waals surface area contributed by atoms with Crippen molar-refractivity contribution in [3.05, 3.63) is 46.5 Å². The summed E-state index contributed by atoms with van der Waals surface area (Å²) in [6.45, 7) is 6.20. The number of nitrogens with one attached hydrogen (secondary N) is 1. The highest BCUT2D eigenvalue weighted by molar-refractivity contribution is 5.90. The number of hydrogen-bond donors (Lipinski definition) is 1. The zero-order valence-corrected chi connectivity index (χ0v) is 12.4. The molecule has 1 N–H and O–H groups in total. The molecule has 112 valence electrons. The molecule has 0 radical (unpaired) electrons. The fourth-order valence-electron chi connectivity index (χ4n) is 2.09. The minimum atomic E-state index is -0.918. The lowest BCUT2D eigenvalue weighted by atomic mass is 10.0. The minimum absolute atomic E-state index is 0.447. The van der Waals surface area contributed by atoms with E-state index in [0.717, 1.165) is 6.42 Å². The van der Waals surface area contributed by atoms with E-state index in [1.165, 1.54) is 22.8 Å². The number of ether oxygens (including phenoxy) is 2. The molecule has 0 fully saturated rings. The first-order valence-corrected chi connectivity index (χ1v) is 6.86.